The zero-order valence-electron chi connectivity index (χ0n) is 6.65. The van der Waals surface area contributed by atoms with Gasteiger partial charge in [-0.15, -0.1) is 0 Å². The number of nitrogens with zero attached hydrogens (tertiary/aromatic N) is 1. The fourth-order valence-electron chi connectivity index (χ4n) is 0.690. The highest BCUT2D eigenvalue weighted by molar-refractivity contribution is 14.1. The van der Waals surface area contributed by atoms with Crippen LogP contribution < -0.4 is 10.9 Å². The van der Waals surface area contributed by atoms with Gasteiger partial charge in [0.05, 0.1) is 6.33 Å². The van der Waals surface area contributed by atoms with Crippen molar-refractivity contribution in [2.45, 2.75) is 6.18 Å². The predicted octanol–water partition coefficient (Wildman–Crippen LogP) is 1.35. The van der Waals surface area contributed by atoms with E-state index in [0.717, 1.165) is 6.33 Å². The number of nitrogens with one attached hydrogen (secondary N) is 2. The zero-order valence-corrected chi connectivity index (χ0v) is 8.81. The van der Waals surface area contributed by atoms with Gasteiger partial charge >= 0.3 is 6.18 Å². The third kappa shape index (κ3) is 3.16. The first kappa shape index (κ1) is 11.3. The van der Waals surface area contributed by atoms with E-state index in [1.165, 1.54) is 0 Å². The summed E-state index contributed by atoms with van der Waals surface area (Å²) >= 11 is 1.62. The molecule has 0 aliphatic carbocycles. The Morgan fingerprint density at radius 2 is 2.21 bits per heavy atom. The van der Waals surface area contributed by atoms with Crippen LogP contribution in [0.5, 0.6) is 0 Å². The Hall–Kier alpha value is -0.800. The largest absolute Gasteiger partial charge is 0.405 e. The van der Waals surface area contributed by atoms with E-state index >= 15 is 0 Å². The number of hydrogen-bond donors (Lipinski definition) is 2. The van der Waals surface area contributed by atoms with Crippen LogP contribution in [0.4, 0.5) is 19.0 Å². The van der Waals surface area contributed by atoms with E-state index < -0.39 is 18.3 Å². The second-order valence-corrected chi connectivity index (χ2v) is 3.44. The number of H-pyrrole nitrogens is 1. The topological polar surface area (TPSA) is 57.8 Å². The Morgan fingerprint density at radius 1 is 1.57 bits per heavy atom. The number of rotatable bonds is 2. The number of aromatic nitrogens is 2. The van der Waals surface area contributed by atoms with Crippen molar-refractivity contribution in [1.29, 1.82) is 0 Å². The van der Waals surface area contributed by atoms with Crippen LogP contribution in [-0.4, -0.2) is 22.7 Å². The summed E-state index contributed by atoms with van der Waals surface area (Å²) < 4.78 is 35.5. The molecule has 4 nitrogen and oxygen atoms in total. The van der Waals surface area contributed by atoms with Crippen LogP contribution in [0.25, 0.3) is 0 Å². The Bertz CT molecular complexity index is 375. The third-order valence-corrected chi connectivity index (χ3v) is 2.25. The SMILES string of the molecule is O=c1[nH]cnc(NCC(F)(F)F)c1I. The highest BCUT2D eigenvalue weighted by Gasteiger charge is 2.27. The lowest BCUT2D eigenvalue weighted by Gasteiger charge is -2.08. The molecule has 0 amide bonds. The number of hydrogen-bond acceptors (Lipinski definition) is 3. The van der Waals surface area contributed by atoms with Crippen molar-refractivity contribution in [3.8, 4) is 0 Å². The summed E-state index contributed by atoms with van der Waals surface area (Å²) in [5.41, 5.74) is -0.467. The molecule has 0 saturated carbocycles. The molecule has 8 heteroatoms. The van der Waals surface area contributed by atoms with Crippen LogP contribution in [0.2, 0.25) is 0 Å². The normalized spacial score (nSPS) is 11.4. The van der Waals surface area contributed by atoms with Crippen molar-refractivity contribution in [3.63, 3.8) is 0 Å². The summed E-state index contributed by atoms with van der Waals surface area (Å²) in [5.74, 6) is -0.0633. The van der Waals surface area contributed by atoms with Crippen LogP contribution in [0, 0.1) is 3.57 Å². The minimum absolute atomic E-state index is 0.0633. The van der Waals surface area contributed by atoms with Crippen molar-refractivity contribution in [1.82, 2.24) is 9.97 Å². The molecular formula is C6H5F3IN3O. The van der Waals surface area contributed by atoms with Gasteiger partial charge in [-0.1, -0.05) is 0 Å². The van der Waals surface area contributed by atoms with Crippen molar-refractivity contribution in [2.75, 3.05) is 11.9 Å². The minimum Gasteiger partial charge on any atom is -0.360 e. The number of alkyl halides is 3. The molecule has 1 heterocycles. The van der Waals surface area contributed by atoms with Crippen molar-refractivity contribution in [2.24, 2.45) is 0 Å². The van der Waals surface area contributed by atoms with E-state index in [2.05, 4.69) is 9.97 Å². The molecule has 0 bridgehead atoms. The van der Waals surface area contributed by atoms with Gasteiger partial charge in [0.25, 0.3) is 5.56 Å². The van der Waals surface area contributed by atoms with Gasteiger partial charge in [0, 0.05) is 0 Å². The molecular weight excluding hydrogens is 314 g/mol. The fraction of sp³-hybridized carbons (Fsp3) is 0.333. The summed E-state index contributed by atoms with van der Waals surface area (Å²) in [4.78, 5) is 16.7. The average molecular weight is 319 g/mol. The zero-order chi connectivity index (χ0) is 10.8. The predicted molar refractivity (Wildman–Crippen MR) is 52.1 cm³/mol. The number of halogens is 4. The molecule has 0 aromatic carbocycles. The molecule has 78 valence electrons. The minimum atomic E-state index is -4.33. The lowest BCUT2D eigenvalue weighted by Crippen LogP contribution is -2.24. The average Bonchev–Trinajstić information content (AvgIpc) is 2.06. The second kappa shape index (κ2) is 4.15. The number of aromatic amines is 1. The van der Waals surface area contributed by atoms with Gasteiger partial charge in [-0.2, -0.15) is 13.2 Å². The second-order valence-electron chi connectivity index (χ2n) is 2.36. The van der Waals surface area contributed by atoms with E-state index in [4.69, 9.17) is 0 Å². The Kier molecular flexibility index (Phi) is 3.34. The summed E-state index contributed by atoms with van der Waals surface area (Å²) in [6.07, 6.45) is -3.28. The molecule has 0 spiro atoms. The van der Waals surface area contributed by atoms with Crippen LogP contribution in [0.3, 0.4) is 0 Å². The van der Waals surface area contributed by atoms with E-state index in [9.17, 15) is 18.0 Å². The van der Waals surface area contributed by atoms with Gasteiger partial charge in [0.1, 0.15) is 15.9 Å². The number of anilines is 1. The molecule has 1 aromatic rings. The first-order valence-corrected chi connectivity index (χ1v) is 4.52. The molecule has 14 heavy (non-hydrogen) atoms. The summed E-state index contributed by atoms with van der Waals surface area (Å²) in [5, 5.41) is 2.03. The molecule has 0 atom stereocenters. The van der Waals surface area contributed by atoms with Gasteiger partial charge in [-0.05, 0) is 22.6 Å². The summed E-state index contributed by atoms with van der Waals surface area (Å²) in [6, 6.07) is 0. The van der Waals surface area contributed by atoms with Crippen LogP contribution >= 0.6 is 22.6 Å². The monoisotopic (exact) mass is 319 g/mol. The molecule has 0 radical (unpaired) electrons. The molecule has 0 aliphatic heterocycles. The van der Waals surface area contributed by atoms with E-state index in [1.54, 1.807) is 22.6 Å². The quantitative estimate of drug-likeness (QED) is 0.809. The summed E-state index contributed by atoms with van der Waals surface area (Å²) in [6.45, 7) is -1.21. The standard InChI is InChI=1S/C6H5F3IN3O/c7-6(8,9)1-11-4-3(10)5(14)13-2-12-4/h2H,1H2,(H2,11,12,13,14). The van der Waals surface area contributed by atoms with Gasteiger partial charge in [-0.25, -0.2) is 4.98 Å². The third-order valence-electron chi connectivity index (χ3n) is 1.25. The van der Waals surface area contributed by atoms with Crippen LogP contribution in [-0.2, 0) is 0 Å². The maximum absolute atomic E-state index is 11.8. The highest BCUT2D eigenvalue weighted by atomic mass is 127. The lowest BCUT2D eigenvalue weighted by atomic mass is 10.5. The van der Waals surface area contributed by atoms with Crippen molar-refractivity contribution in [3.05, 3.63) is 20.3 Å². The van der Waals surface area contributed by atoms with E-state index in [1.807, 2.05) is 5.32 Å². The lowest BCUT2D eigenvalue weighted by molar-refractivity contribution is -0.115. The van der Waals surface area contributed by atoms with Gasteiger partial charge in [0.2, 0.25) is 0 Å². The smallest absolute Gasteiger partial charge is 0.360 e. The van der Waals surface area contributed by atoms with Gasteiger partial charge in [0.15, 0.2) is 0 Å². The van der Waals surface area contributed by atoms with E-state index in [-0.39, 0.29) is 9.39 Å². The van der Waals surface area contributed by atoms with Crippen molar-refractivity contribution < 1.29 is 13.2 Å². The molecule has 2 N–H and O–H groups in total. The molecule has 1 rings (SSSR count). The maximum Gasteiger partial charge on any atom is 0.405 e. The maximum atomic E-state index is 11.8. The molecule has 0 saturated heterocycles. The van der Waals surface area contributed by atoms with Crippen LogP contribution in [0.15, 0.2) is 11.1 Å². The van der Waals surface area contributed by atoms with Gasteiger partial charge < -0.3 is 10.3 Å². The van der Waals surface area contributed by atoms with Crippen molar-refractivity contribution >= 4 is 28.4 Å². The highest BCUT2D eigenvalue weighted by Crippen LogP contribution is 2.16. The fourth-order valence-corrected chi connectivity index (χ4v) is 1.18. The molecule has 1 aromatic heterocycles. The van der Waals surface area contributed by atoms with E-state index in [0.29, 0.717) is 0 Å². The summed E-state index contributed by atoms with van der Waals surface area (Å²) in [7, 11) is 0. The molecule has 0 unspecified atom stereocenters. The van der Waals surface area contributed by atoms with Crippen LogP contribution in [0.1, 0.15) is 0 Å². The Balaban J connectivity index is 2.78. The van der Waals surface area contributed by atoms with Gasteiger partial charge in [-0.3, -0.25) is 4.79 Å². The first-order chi connectivity index (χ1) is 6.40. The first-order valence-electron chi connectivity index (χ1n) is 3.44. The Morgan fingerprint density at radius 3 is 2.79 bits per heavy atom. The molecule has 0 fully saturated rings. The molecule has 0 aliphatic rings. The Labute approximate surface area is 90.1 Å².